The number of likely N-dealkylation sites (tertiary alicyclic amines) is 1. The maximum absolute atomic E-state index is 12.7. The Hall–Kier alpha value is -2.37. The van der Waals surface area contributed by atoms with Crippen molar-refractivity contribution in [2.45, 2.75) is 32.1 Å². The molecule has 1 aliphatic heterocycles. The number of aryl methyl sites for hydroxylation is 1. The number of carbonyl (C=O) groups is 2. The van der Waals surface area contributed by atoms with Crippen LogP contribution in [-0.2, 0) is 23.1 Å². The molecule has 1 unspecified atom stereocenters. The standard InChI is InChI=1S/C18H23N3O3/c1-20-16-7-3-2-6-14(16)15(19-20)11-17(22)21-10-4-5-13(12-21)8-9-18(23)24/h2-3,6-7,13H,4-5,8-12H2,1H3,(H,23,24). The molecule has 0 bridgehead atoms. The van der Waals surface area contributed by atoms with Gasteiger partial charge in [0.15, 0.2) is 0 Å². The minimum Gasteiger partial charge on any atom is -0.481 e. The van der Waals surface area contributed by atoms with Gasteiger partial charge in [-0.15, -0.1) is 0 Å². The first kappa shape index (κ1) is 16.5. The number of hydrogen-bond donors (Lipinski definition) is 1. The van der Waals surface area contributed by atoms with Gasteiger partial charge in [-0.05, 0) is 31.2 Å². The zero-order valence-electron chi connectivity index (χ0n) is 13.9. The number of aliphatic carboxylic acids is 1. The SMILES string of the molecule is Cn1nc(CC(=O)N2CCCC(CCC(=O)O)C2)c2ccccc21. The topological polar surface area (TPSA) is 75.4 Å². The van der Waals surface area contributed by atoms with Gasteiger partial charge >= 0.3 is 5.97 Å². The normalized spacial score (nSPS) is 18.0. The van der Waals surface area contributed by atoms with E-state index in [0.29, 0.717) is 25.3 Å². The molecule has 1 aromatic heterocycles. The molecule has 0 saturated carbocycles. The minimum absolute atomic E-state index is 0.0823. The zero-order chi connectivity index (χ0) is 17.1. The fourth-order valence-electron chi connectivity index (χ4n) is 3.53. The summed E-state index contributed by atoms with van der Waals surface area (Å²) >= 11 is 0. The van der Waals surface area contributed by atoms with Gasteiger partial charge in [0.2, 0.25) is 5.91 Å². The van der Waals surface area contributed by atoms with Gasteiger partial charge in [0.1, 0.15) is 0 Å². The van der Waals surface area contributed by atoms with Crippen molar-refractivity contribution in [1.82, 2.24) is 14.7 Å². The number of aromatic nitrogens is 2. The molecule has 128 valence electrons. The highest BCUT2D eigenvalue weighted by Crippen LogP contribution is 2.23. The lowest BCUT2D eigenvalue weighted by molar-refractivity contribution is -0.137. The molecule has 1 aromatic carbocycles. The lowest BCUT2D eigenvalue weighted by Crippen LogP contribution is -2.40. The summed E-state index contributed by atoms with van der Waals surface area (Å²) in [6.45, 7) is 1.42. The third kappa shape index (κ3) is 3.58. The van der Waals surface area contributed by atoms with Crippen LogP contribution in [0.1, 0.15) is 31.4 Å². The number of carboxylic acid groups (broad SMARTS) is 1. The van der Waals surface area contributed by atoms with E-state index in [1.165, 1.54) is 0 Å². The van der Waals surface area contributed by atoms with Gasteiger partial charge in [0.05, 0.1) is 17.6 Å². The molecule has 1 saturated heterocycles. The Kier molecular flexibility index (Phi) is 4.83. The van der Waals surface area contributed by atoms with Crippen molar-refractivity contribution < 1.29 is 14.7 Å². The summed E-state index contributed by atoms with van der Waals surface area (Å²) in [5, 5.41) is 14.3. The maximum Gasteiger partial charge on any atom is 0.303 e. The molecule has 0 radical (unpaired) electrons. The van der Waals surface area contributed by atoms with Crippen molar-refractivity contribution >= 4 is 22.8 Å². The van der Waals surface area contributed by atoms with Crippen LogP contribution >= 0.6 is 0 Å². The Bertz CT molecular complexity index is 753. The van der Waals surface area contributed by atoms with Crippen molar-refractivity contribution in [3.8, 4) is 0 Å². The van der Waals surface area contributed by atoms with Crippen molar-refractivity contribution in [3.05, 3.63) is 30.0 Å². The highest BCUT2D eigenvalue weighted by molar-refractivity contribution is 5.87. The average Bonchev–Trinajstić information content (AvgIpc) is 2.90. The second kappa shape index (κ2) is 7.03. The molecule has 1 amide bonds. The van der Waals surface area contributed by atoms with E-state index in [1.54, 1.807) is 0 Å². The summed E-state index contributed by atoms with van der Waals surface area (Å²) < 4.78 is 1.81. The highest BCUT2D eigenvalue weighted by atomic mass is 16.4. The molecule has 0 spiro atoms. The Labute approximate surface area is 141 Å². The van der Waals surface area contributed by atoms with E-state index in [1.807, 2.05) is 40.9 Å². The fourth-order valence-corrected chi connectivity index (χ4v) is 3.53. The minimum atomic E-state index is -0.765. The van der Waals surface area contributed by atoms with Gasteiger partial charge in [0, 0.05) is 31.9 Å². The predicted octanol–water partition coefficient (Wildman–Crippen LogP) is 2.22. The third-order valence-corrected chi connectivity index (χ3v) is 4.79. The first-order chi connectivity index (χ1) is 11.5. The van der Waals surface area contributed by atoms with E-state index in [0.717, 1.165) is 36.0 Å². The number of rotatable bonds is 5. The van der Waals surface area contributed by atoms with Gasteiger partial charge in [0.25, 0.3) is 0 Å². The molecule has 0 aliphatic carbocycles. The Balaban J connectivity index is 1.66. The second-order valence-corrected chi connectivity index (χ2v) is 6.54. The summed E-state index contributed by atoms with van der Waals surface area (Å²) in [5.74, 6) is -0.392. The summed E-state index contributed by atoms with van der Waals surface area (Å²) in [6, 6.07) is 7.92. The van der Waals surface area contributed by atoms with E-state index in [-0.39, 0.29) is 12.3 Å². The van der Waals surface area contributed by atoms with Crippen LogP contribution in [0, 0.1) is 5.92 Å². The van der Waals surface area contributed by atoms with E-state index in [9.17, 15) is 9.59 Å². The molecule has 1 fully saturated rings. The average molecular weight is 329 g/mol. The van der Waals surface area contributed by atoms with Crippen LogP contribution in [0.25, 0.3) is 10.9 Å². The van der Waals surface area contributed by atoms with E-state index >= 15 is 0 Å². The number of nitrogens with zero attached hydrogens (tertiary/aromatic N) is 3. The molecular weight excluding hydrogens is 306 g/mol. The molecule has 2 aromatic rings. The molecule has 2 heterocycles. The largest absolute Gasteiger partial charge is 0.481 e. The van der Waals surface area contributed by atoms with Crippen LogP contribution in [0.4, 0.5) is 0 Å². The Morgan fingerprint density at radius 2 is 2.12 bits per heavy atom. The second-order valence-electron chi connectivity index (χ2n) is 6.54. The number of benzene rings is 1. The number of hydrogen-bond acceptors (Lipinski definition) is 3. The van der Waals surface area contributed by atoms with E-state index in [4.69, 9.17) is 5.11 Å². The van der Waals surface area contributed by atoms with Crippen molar-refractivity contribution in [2.24, 2.45) is 13.0 Å². The van der Waals surface area contributed by atoms with Crippen LogP contribution in [0.5, 0.6) is 0 Å². The number of carbonyl (C=O) groups excluding carboxylic acids is 1. The number of amides is 1. The predicted molar refractivity (Wildman–Crippen MR) is 90.6 cm³/mol. The molecule has 3 rings (SSSR count). The van der Waals surface area contributed by atoms with Crippen LogP contribution < -0.4 is 0 Å². The van der Waals surface area contributed by atoms with Gasteiger partial charge < -0.3 is 10.0 Å². The lowest BCUT2D eigenvalue weighted by atomic mass is 9.93. The Morgan fingerprint density at radius 3 is 2.92 bits per heavy atom. The monoisotopic (exact) mass is 329 g/mol. The van der Waals surface area contributed by atoms with Gasteiger partial charge in [-0.3, -0.25) is 14.3 Å². The summed E-state index contributed by atoms with van der Waals surface area (Å²) in [7, 11) is 1.89. The van der Waals surface area contributed by atoms with Crippen molar-refractivity contribution in [3.63, 3.8) is 0 Å². The number of para-hydroxylation sites is 1. The van der Waals surface area contributed by atoms with Gasteiger partial charge in [-0.25, -0.2) is 0 Å². The van der Waals surface area contributed by atoms with Crippen molar-refractivity contribution in [1.29, 1.82) is 0 Å². The molecule has 1 N–H and O–H groups in total. The highest BCUT2D eigenvalue weighted by Gasteiger charge is 2.25. The quantitative estimate of drug-likeness (QED) is 0.912. The zero-order valence-corrected chi connectivity index (χ0v) is 13.9. The molecule has 1 atom stereocenters. The smallest absolute Gasteiger partial charge is 0.303 e. The number of fused-ring (bicyclic) bond motifs is 1. The summed E-state index contributed by atoms with van der Waals surface area (Å²) in [5.41, 5.74) is 1.84. The number of carboxylic acids is 1. The van der Waals surface area contributed by atoms with E-state index in [2.05, 4.69) is 5.10 Å². The van der Waals surface area contributed by atoms with Crippen molar-refractivity contribution in [2.75, 3.05) is 13.1 Å². The Morgan fingerprint density at radius 1 is 1.33 bits per heavy atom. The van der Waals surface area contributed by atoms with Crippen LogP contribution in [-0.4, -0.2) is 44.8 Å². The van der Waals surface area contributed by atoms with Crippen LogP contribution in [0.3, 0.4) is 0 Å². The molecule has 6 nitrogen and oxygen atoms in total. The first-order valence-corrected chi connectivity index (χ1v) is 8.45. The fraction of sp³-hybridized carbons (Fsp3) is 0.500. The molecule has 1 aliphatic rings. The lowest BCUT2D eigenvalue weighted by Gasteiger charge is -2.32. The molecule has 6 heteroatoms. The molecular formula is C18H23N3O3. The maximum atomic E-state index is 12.7. The van der Waals surface area contributed by atoms with Crippen LogP contribution in [0.15, 0.2) is 24.3 Å². The van der Waals surface area contributed by atoms with Gasteiger partial charge in [-0.1, -0.05) is 18.2 Å². The summed E-state index contributed by atoms with van der Waals surface area (Å²) in [4.78, 5) is 25.3. The molecule has 24 heavy (non-hydrogen) atoms. The van der Waals surface area contributed by atoms with Gasteiger partial charge in [-0.2, -0.15) is 5.10 Å². The summed E-state index contributed by atoms with van der Waals surface area (Å²) in [6.07, 6.45) is 3.07. The first-order valence-electron chi connectivity index (χ1n) is 8.45. The van der Waals surface area contributed by atoms with Crippen LogP contribution in [0.2, 0.25) is 0 Å². The van der Waals surface area contributed by atoms with E-state index < -0.39 is 5.97 Å². The third-order valence-electron chi connectivity index (χ3n) is 4.79. The number of piperidine rings is 1.